The zero-order valence-corrected chi connectivity index (χ0v) is 6.80. The van der Waals surface area contributed by atoms with E-state index >= 15 is 0 Å². The fourth-order valence-corrected chi connectivity index (χ4v) is 0.425. The van der Waals surface area contributed by atoms with Crippen LogP contribution in [0.3, 0.4) is 0 Å². The summed E-state index contributed by atoms with van der Waals surface area (Å²) in [6, 6.07) is 0. The van der Waals surface area contributed by atoms with Crippen LogP contribution in [0.15, 0.2) is 21.5 Å². The molecule has 0 aliphatic carbocycles. The maximum atomic E-state index is 10.5. The summed E-state index contributed by atoms with van der Waals surface area (Å²) in [7, 11) is 0. The number of rotatable bonds is 0. The quantitative estimate of drug-likeness (QED) is 0.509. The Morgan fingerprint density at radius 3 is 1.70 bits per heavy atom. The van der Waals surface area contributed by atoms with Crippen LogP contribution in [-0.2, 0) is 4.79 Å². The first-order valence-corrected chi connectivity index (χ1v) is 3.35. The van der Waals surface area contributed by atoms with E-state index in [2.05, 4.69) is 10.2 Å². The second-order valence-corrected chi connectivity index (χ2v) is 1.72. The number of carbonyl (C=O) groups is 1. The Bertz CT molecular complexity index is 188. The Kier molecular flexibility index (Phi) is 3.54. The summed E-state index contributed by atoms with van der Waals surface area (Å²) in [6.07, 6.45) is 0. The molecular formula is C7H12N2O. The van der Waals surface area contributed by atoms with Crippen molar-refractivity contribution < 1.29 is 4.79 Å². The van der Waals surface area contributed by atoms with Crippen LogP contribution in [0.2, 0.25) is 0 Å². The van der Waals surface area contributed by atoms with E-state index < -0.39 is 0 Å². The van der Waals surface area contributed by atoms with Crippen LogP contribution < -0.4 is 0 Å². The molecule has 3 heteroatoms. The molecule has 1 aliphatic rings. The summed E-state index contributed by atoms with van der Waals surface area (Å²) in [5.41, 5.74) is 1.39. The lowest BCUT2D eigenvalue weighted by atomic mass is 10.2. The van der Waals surface area contributed by atoms with Crippen LogP contribution in [0, 0.1) is 0 Å². The van der Waals surface area contributed by atoms with Crippen LogP contribution in [0.4, 0.5) is 0 Å². The van der Waals surface area contributed by atoms with Gasteiger partial charge in [0.2, 0.25) is 0 Å². The van der Waals surface area contributed by atoms with Crippen molar-refractivity contribution in [2.75, 3.05) is 0 Å². The highest BCUT2D eigenvalue weighted by Gasteiger charge is 2.11. The Hall–Kier alpha value is -0.990. The Morgan fingerprint density at radius 1 is 1.10 bits per heavy atom. The largest absolute Gasteiger partial charge is 0.292 e. The molecule has 1 amide bonds. The van der Waals surface area contributed by atoms with Gasteiger partial charge in [0.15, 0.2) is 0 Å². The van der Waals surface area contributed by atoms with E-state index in [1.807, 2.05) is 13.8 Å². The highest BCUT2D eigenvalue weighted by Crippen LogP contribution is 2.13. The molecule has 0 spiro atoms. The third-order valence-corrected chi connectivity index (χ3v) is 1.15. The summed E-state index contributed by atoms with van der Waals surface area (Å²) >= 11 is 0. The first-order valence-electron chi connectivity index (χ1n) is 3.35. The smallest absolute Gasteiger partial charge is 0.265 e. The van der Waals surface area contributed by atoms with Crippen molar-refractivity contribution in [2.24, 2.45) is 10.2 Å². The molecule has 1 aliphatic heterocycles. The van der Waals surface area contributed by atoms with Crippen molar-refractivity contribution in [1.29, 1.82) is 0 Å². The van der Waals surface area contributed by atoms with E-state index in [1.165, 1.54) is 0 Å². The zero-order valence-electron chi connectivity index (χ0n) is 6.80. The standard InChI is InChI=1S/C5H6N2O.C2H6/c1-3-4(2)6-7-5(3)8;1-2/h1-2H3;1-2H3. The molecule has 0 atom stereocenters. The van der Waals surface area contributed by atoms with E-state index in [0.29, 0.717) is 5.57 Å². The minimum Gasteiger partial charge on any atom is -0.265 e. The number of hydrogen-bond acceptors (Lipinski definition) is 2. The van der Waals surface area contributed by atoms with Crippen LogP contribution in [0.25, 0.3) is 0 Å². The second kappa shape index (κ2) is 3.93. The average Bonchev–Trinajstić information content (AvgIpc) is 2.25. The van der Waals surface area contributed by atoms with Crippen molar-refractivity contribution in [1.82, 2.24) is 0 Å². The molecule has 0 saturated heterocycles. The molecule has 0 saturated carbocycles. The minimum absolute atomic E-state index is 0.206. The second-order valence-electron chi connectivity index (χ2n) is 1.72. The lowest BCUT2D eigenvalue weighted by molar-refractivity contribution is -0.114. The first-order chi connectivity index (χ1) is 4.72. The molecule has 1 heterocycles. The number of hydrogen-bond donors (Lipinski definition) is 0. The van der Waals surface area contributed by atoms with Crippen molar-refractivity contribution >= 4 is 5.91 Å². The molecule has 0 aromatic heterocycles. The van der Waals surface area contributed by atoms with Gasteiger partial charge < -0.3 is 0 Å². The number of allylic oxidation sites excluding steroid dienone is 1. The van der Waals surface area contributed by atoms with E-state index in [9.17, 15) is 4.79 Å². The molecule has 0 aromatic carbocycles. The summed E-state index contributed by atoms with van der Waals surface area (Å²) < 4.78 is 0. The Morgan fingerprint density at radius 2 is 1.60 bits per heavy atom. The topological polar surface area (TPSA) is 41.8 Å². The molecule has 0 unspecified atom stereocenters. The molecule has 0 radical (unpaired) electrons. The molecule has 0 bridgehead atoms. The van der Waals surface area contributed by atoms with E-state index in [-0.39, 0.29) is 5.91 Å². The fraction of sp³-hybridized carbons (Fsp3) is 0.571. The molecule has 3 nitrogen and oxygen atoms in total. The van der Waals surface area contributed by atoms with Crippen molar-refractivity contribution in [3.63, 3.8) is 0 Å². The number of azo groups is 1. The van der Waals surface area contributed by atoms with Gasteiger partial charge in [0.05, 0.1) is 5.70 Å². The lowest BCUT2D eigenvalue weighted by Gasteiger charge is -1.81. The van der Waals surface area contributed by atoms with Crippen molar-refractivity contribution in [3.05, 3.63) is 11.3 Å². The normalized spacial score (nSPS) is 15.4. The molecule has 56 valence electrons. The van der Waals surface area contributed by atoms with Gasteiger partial charge >= 0.3 is 0 Å². The monoisotopic (exact) mass is 140 g/mol. The predicted octanol–water partition coefficient (Wildman–Crippen LogP) is 2.30. The van der Waals surface area contributed by atoms with Gasteiger partial charge in [0.1, 0.15) is 0 Å². The van der Waals surface area contributed by atoms with Gasteiger partial charge in [-0.15, -0.1) is 5.11 Å². The van der Waals surface area contributed by atoms with Crippen LogP contribution in [-0.4, -0.2) is 5.91 Å². The first kappa shape index (κ1) is 9.01. The molecule has 0 aromatic rings. The molecule has 10 heavy (non-hydrogen) atoms. The fourth-order valence-electron chi connectivity index (χ4n) is 0.425. The molecule has 0 N–H and O–H groups in total. The SMILES string of the molecule is CC.CC1=C(C)C(=O)N=N1. The van der Waals surface area contributed by atoms with Crippen molar-refractivity contribution in [3.8, 4) is 0 Å². The Balaban J connectivity index is 0.000000371. The third kappa shape index (κ3) is 1.76. The van der Waals surface area contributed by atoms with Gasteiger partial charge in [-0.2, -0.15) is 5.11 Å². The molecule has 1 rings (SSSR count). The van der Waals surface area contributed by atoms with E-state index in [1.54, 1.807) is 13.8 Å². The van der Waals surface area contributed by atoms with Gasteiger partial charge in [-0.25, -0.2) is 0 Å². The van der Waals surface area contributed by atoms with Gasteiger partial charge in [-0.3, -0.25) is 4.79 Å². The number of nitrogens with zero attached hydrogens (tertiary/aromatic N) is 2. The molecule has 0 fully saturated rings. The van der Waals surface area contributed by atoms with Crippen LogP contribution in [0.1, 0.15) is 27.7 Å². The average molecular weight is 140 g/mol. The van der Waals surface area contributed by atoms with E-state index in [0.717, 1.165) is 5.70 Å². The lowest BCUT2D eigenvalue weighted by Crippen LogP contribution is -1.88. The van der Waals surface area contributed by atoms with E-state index in [4.69, 9.17) is 0 Å². The van der Waals surface area contributed by atoms with Gasteiger partial charge in [0.25, 0.3) is 5.91 Å². The number of amides is 1. The zero-order chi connectivity index (χ0) is 8.15. The molecular weight excluding hydrogens is 128 g/mol. The highest BCUT2D eigenvalue weighted by molar-refractivity contribution is 5.95. The van der Waals surface area contributed by atoms with Gasteiger partial charge in [-0.1, -0.05) is 13.8 Å². The summed E-state index contributed by atoms with van der Waals surface area (Å²) in [5.74, 6) is -0.206. The van der Waals surface area contributed by atoms with Crippen molar-refractivity contribution in [2.45, 2.75) is 27.7 Å². The van der Waals surface area contributed by atoms with Crippen LogP contribution >= 0.6 is 0 Å². The third-order valence-electron chi connectivity index (χ3n) is 1.15. The van der Waals surface area contributed by atoms with Gasteiger partial charge in [0, 0.05) is 5.57 Å². The summed E-state index contributed by atoms with van der Waals surface area (Å²) in [5, 5.41) is 6.86. The summed E-state index contributed by atoms with van der Waals surface area (Å²) in [4.78, 5) is 10.5. The maximum Gasteiger partial charge on any atom is 0.292 e. The highest BCUT2D eigenvalue weighted by atomic mass is 16.2. The minimum atomic E-state index is -0.206. The van der Waals surface area contributed by atoms with Crippen LogP contribution in [0.5, 0.6) is 0 Å². The number of carbonyl (C=O) groups excluding carboxylic acids is 1. The van der Waals surface area contributed by atoms with Gasteiger partial charge in [-0.05, 0) is 13.8 Å². The predicted molar refractivity (Wildman–Crippen MR) is 39.6 cm³/mol. The summed E-state index contributed by atoms with van der Waals surface area (Å²) in [6.45, 7) is 7.49. The maximum absolute atomic E-state index is 10.5. The Labute approximate surface area is 60.8 Å².